The molecule has 2 aliphatic rings. The van der Waals surface area contributed by atoms with Crippen LogP contribution in [0.4, 0.5) is 0 Å². The second-order valence-electron chi connectivity index (χ2n) is 5.30. The molecular formula is C12H18O. The van der Waals surface area contributed by atoms with Gasteiger partial charge in [-0.05, 0) is 30.1 Å². The largest absolute Gasteiger partial charge is 0.300 e. The molecule has 0 spiro atoms. The van der Waals surface area contributed by atoms with Gasteiger partial charge in [-0.25, -0.2) is 0 Å². The molecule has 0 heterocycles. The van der Waals surface area contributed by atoms with Crippen molar-refractivity contribution in [2.75, 3.05) is 0 Å². The first-order chi connectivity index (χ1) is 6.00. The molecule has 0 aromatic rings. The molecule has 0 amide bonds. The molecule has 0 radical (unpaired) electrons. The van der Waals surface area contributed by atoms with Crippen molar-refractivity contribution in [1.82, 2.24) is 0 Å². The third-order valence-corrected chi connectivity index (χ3v) is 3.96. The summed E-state index contributed by atoms with van der Waals surface area (Å²) in [5.41, 5.74) is 1.67. The van der Waals surface area contributed by atoms with Gasteiger partial charge in [0.15, 0.2) is 0 Å². The van der Waals surface area contributed by atoms with E-state index in [1.165, 1.54) is 18.4 Å². The van der Waals surface area contributed by atoms with E-state index in [-0.39, 0.29) is 0 Å². The predicted octanol–water partition coefficient (Wildman–Crippen LogP) is 2.96. The van der Waals surface area contributed by atoms with Crippen LogP contribution in [-0.2, 0) is 4.79 Å². The zero-order valence-corrected chi connectivity index (χ0v) is 8.60. The summed E-state index contributed by atoms with van der Waals surface area (Å²) in [4.78, 5) is 11.5. The molecule has 1 heteroatoms. The van der Waals surface area contributed by atoms with Crippen molar-refractivity contribution in [2.45, 2.75) is 39.5 Å². The van der Waals surface area contributed by atoms with Crippen LogP contribution in [0, 0.1) is 17.3 Å². The quantitative estimate of drug-likeness (QED) is 0.521. The Morgan fingerprint density at radius 2 is 2.08 bits per heavy atom. The molecule has 2 bridgehead atoms. The Kier molecular flexibility index (Phi) is 1.86. The van der Waals surface area contributed by atoms with E-state index >= 15 is 0 Å². The van der Waals surface area contributed by atoms with Gasteiger partial charge in [-0.1, -0.05) is 26.0 Å². The lowest BCUT2D eigenvalue weighted by molar-refractivity contribution is -0.124. The van der Waals surface area contributed by atoms with Crippen LogP contribution >= 0.6 is 0 Å². The molecule has 0 aromatic carbocycles. The first-order valence-corrected chi connectivity index (χ1v) is 5.21. The Balaban J connectivity index is 2.29. The van der Waals surface area contributed by atoms with Crippen molar-refractivity contribution < 1.29 is 4.79 Å². The molecule has 0 N–H and O–H groups in total. The summed E-state index contributed by atoms with van der Waals surface area (Å²) in [6, 6.07) is 0. The second kappa shape index (κ2) is 2.70. The number of carbonyl (C=O) groups is 1. The van der Waals surface area contributed by atoms with Gasteiger partial charge in [0.1, 0.15) is 5.78 Å². The lowest BCUT2D eigenvalue weighted by atomic mass is 9.58. The predicted molar refractivity (Wildman–Crippen MR) is 53.4 cm³/mol. The standard InChI is InChI=1S/C12H18O/c1-8-9-4-5-12(2,3)11(8)7-10(13)6-9/h9,11H,1,4-7H2,2-3H3/t9-,11+/m1/s1. The Morgan fingerprint density at radius 1 is 1.38 bits per heavy atom. The van der Waals surface area contributed by atoms with Crippen molar-refractivity contribution in [3.63, 3.8) is 0 Å². The van der Waals surface area contributed by atoms with Gasteiger partial charge >= 0.3 is 0 Å². The molecule has 2 fully saturated rings. The minimum absolute atomic E-state index is 0.309. The lowest BCUT2D eigenvalue weighted by Gasteiger charge is -2.46. The first-order valence-electron chi connectivity index (χ1n) is 5.21. The van der Waals surface area contributed by atoms with Crippen LogP contribution in [0.1, 0.15) is 39.5 Å². The van der Waals surface area contributed by atoms with Crippen LogP contribution in [0.3, 0.4) is 0 Å². The number of ketones is 1. The van der Waals surface area contributed by atoms with E-state index in [0.717, 1.165) is 12.8 Å². The van der Waals surface area contributed by atoms with Gasteiger partial charge in [-0.3, -0.25) is 4.79 Å². The zero-order valence-electron chi connectivity index (χ0n) is 8.60. The smallest absolute Gasteiger partial charge is 0.134 e. The van der Waals surface area contributed by atoms with Gasteiger partial charge in [0.2, 0.25) is 0 Å². The summed E-state index contributed by atoms with van der Waals surface area (Å²) >= 11 is 0. The highest BCUT2D eigenvalue weighted by Gasteiger charge is 2.43. The van der Waals surface area contributed by atoms with Crippen molar-refractivity contribution in [3.8, 4) is 0 Å². The minimum atomic E-state index is 0.309. The molecule has 0 aromatic heterocycles. The fourth-order valence-electron chi connectivity index (χ4n) is 2.92. The fraction of sp³-hybridized carbons (Fsp3) is 0.750. The highest BCUT2D eigenvalue weighted by atomic mass is 16.1. The lowest BCUT2D eigenvalue weighted by Crippen LogP contribution is -2.39. The normalized spacial score (nSPS) is 37.7. The van der Waals surface area contributed by atoms with E-state index in [4.69, 9.17) is 0 Å². The summed E-state index contributed by atoms with van der Waals surface area (Å²) in [6.45, 7) is 8.73. The van der Waals surface area contributed by atoms with Crippen molar-refractivity contribution in [3.05, 3.63) is 12.2 Å². The Labute approximate surface area is 80.2 Å². The van der Waals surface area contributed by atoms with E-state index < -0.39 is 0 Å². The third-order valence-electron chi connectivity index (χ3n) is 3.96. The second-order valence-corrected chi connectivity index (χ2v) is 5.30. The minimum Gasteiger partial charge on any atom is -0.300 e. The summed E-state index contributed by atoms with van der Waals surface area (Å²) < 4.78 is 0. The van der Waals surface area contributed by atoms with Crippen LogP contribution in [0.25, 0.3) is 0 Å². The molecule has 0 saturated heterocycles. The van der Waals surface area contributed by atoms with Crippen LogP contribution in [0.15, 0.2) is 12.2 Å². The summed E-state index contributed by atoms with van der Waals surface area (Å²) in [6.07, 6.45) is 3.95. The van der Waals surface area contributed by atoms with Gasteiger partial charge < -0.3 is 0 Å². The number of hydrogen-bond acceptors (Lipinski definition) is 1. The third kappa shape index (κ3) is 1.34. The molecule has 72 valence electrons. The highest BCUT2D eigenvalue weighted by molar-refractivity contribution is 5.81. The van der Waals surface area contributed by atoms with Crippen LogP contribution in [0.5, 0.6) is 0 Å². The summed E-state index contributed by atoms with van der Waals surface area (Å²) in [5.74, 6) is 1.43. The summed E-state index contributed by atoms with van der Waals surface area (Å²) in [5, 5.41) is 0. The molecule has 0 aliphatic heterocycles. The molecule has 2 saturated carbocycles. The van der Waals surface area contributed by atoms with Crippen molar-refractivity contribution in [1.29, 1.82) is 0 Å². The number of carbonyl (C=O) groups excluding carboxylic acids is 1. The maximum atomic E-state index is 11.5. The van der Waals surface area contributed by atoms with Gasteiger partial charge in [-0.15, -0.1) is 0 Å². The Bertz CT molecular complexity index is 262. The summed E-state index contributed by atoms with van der Waals surface area (Å²) in [7, 11) is 0. The molecule has 13 heavy (non-hydrogen) atoms. The van der Waals surface area contributed by atoms with Crippen molar-refractivity contribution >= 4 is 5.78 Å². The topological polar surface area (TPSA) is 17.1 Å². The Hall–Kier alpha value is -0.590. The maximum absolute atomic E-state index is 11.5. The van der Waals surface area contributed by atoms with E-state index in [1.54, 1.807) is 0 Å². The SMILES string of the molecule is C=C1[C@@H]2CCC(C)(C)[C@H]1CC(=O)C2. The van der Waals surface area contributed by atoms with Crippen LogP contribution < -0.4 is 0 Å². The molecular weight excluding hydrogens is 160 g/mol. The average Bonchev–Trinajstić information content (AvgIpc) is 2.03. The highest BCUT2D eigenvalue weighted by Crippen LogP contribution is 2.51. The van der Waals surface area contributed by atoms with E-state index in [1.807, 2.05) is 0 Å². The molecule has 2 rings (SSSR count). The number of rotatable bonds is 0. The van der Waals surface area contributed by atoms with E-state index in [2.05, 4.69) is 20.4 Å². The zero-order chi connectivity index (χ0) is 9.64. The maximum Gasteiger partial charge on any atom is 0.134 e. The van der Waals surface area contributed by atoms with Gasteiger partial charge in [-0.2, -0.15) is 0 Å². The van der Waals surface area contributed by atoms with Crippen molar-refractivity contribution in [2.24, 2.45) is 17.3 Å². The average molecular weight is 178 g/mol. The van der Waals surface area contributed by atoms with Crippen LogP contribution in [-0.4, -0.2) is 5.78 Å². The van der Waals surface area contributed by atoms with E-state index in [0.29, 0.717) is 23.0 Å². The molecule has 2 aliphatic carbocycles. The molecule has 0 unspecified atom stereocenters. The van der Waals surface area contributed by atoms with Gasteiger partial charge in [0.25, 0.3) is 0 Å². The van der Waals surface area contributed by atoms with Crippen LogP contribution in [0.2, 0.25) is 0 Å². The first kappa shape index (κ1) is 8.98. The van der Waals surface area contributed by atoms with E-state index in [9.17, 15) is 4.79 Å². The molecule has 2 atom stereocenters. The molecule has 1 nitrogen and oxygen atoms in total. The number of hydrogen-bond donors (Lipinski definition) is 0. The number of allylic oxidation sites excluding steroid dienone is 1. The number of Topliss-reactive ketones (excluding diaryl/α,β-unsaturated/α-hetero) is 1. The fourth-order valence-corrected chi connectivity index (χ4v) is 2.92. The Morgan fingerprint density at radius 3 is 2.77 bits per heavy atom. The monoisotopic (exact) mass is 178 g/mol. The van der Waals surface area contributed by atoms with Gasteiger partial charge in [0.05, 0.1) is 0 Å². The number of fused-ring (bicyclic) bond motifs is 2. The van der Waals surface area contributed by atoms with Gasteiger partial charge in [0, 0.05) is 12.8 Å².